The first-order valence-electron chi connectivity index (χ1n) is 6.76. The number of thiazole rings is 1. The van der Waals surface area contributed by atoms with Crippen LogP contribution in [0.4, 0.5) is 0 Å². The van der Waals surface area contributed by atoms with Crippen molar-refractivity contribution in [2.75, 3.05) is 0 Å². The Morgan fingerprint density at radius 2 is 2.18 bits per heavy atom. The van der Waals surface area contributed by atoms with Crippen molar-refractivity contribution in [3.05, 3.63) is 16.1 Å². The van der Waals surface area contributed by atoms with Crippen LogP contribution in [-0.2, 0) is 5.54 Å². The van der Waals surface area contributed by atoms with Crippen LogP contribution in [0.15, 0.2) is 5.38 Å². The van der Waals surface area contributed by atoms with Gasteiger partial charge in [0.05, 0.1) is 11.2 Å². The number of hydrogen-bond donors (Lipinski definition) is 1. The minimum Gasteiger partial charge on any atom is -0.319 e. The van der Waals surface area contributed by atoms with Crippen LogP contribution >= 0.6 is 11.3 Å². The van der Waals surface area contributed by atoms with Gasteiger partial charge in [0.1, 0.15) is 5.01 Å². The monoisotopic (exact) mass is 252 g/mol. The Bertz CT molecular complexity index is 372. The summed E-state index contributed by atoms with van der Waals surface area (Å²) in [5.74, 6) is 1.33. The summed E-state index contributed by atoms with van der Waals surface area (Å²) in [4.78, 5) is 4.77. The van der Waals surface area contributed by atoms with Gasteiger partial charge in [-0.1, -0.05) is 33.6 Å². The van der Waals surface area contributed by atoms with E-state index >= 15 is 0 Å². The molecule has 1 fully saturated rings. The molecular formula is C14H24N2S. The van der Waals surface area contributed by atoms with Crippen molar-refractivity contribution in [3.8, 4) is 0 Å². The fourth-order valence-corrected chi connectivity index (χ4v) is 3.69. The van der Waals surface area contributed by atoms with Crippen LogP contribution in [0.1, 0.15) is 69.5 Å². The molecular weight excluding hydrogens is 228 g/mol. The van der Waals surface area contributed by atoms with Gasteiger partial charge in [0.2, 0.25) is 0 Å². The summed E-state index contributed by atoms with van der Waals surface area (Å²) in [6, 6.07) is 0. The van der Waals surface area contributed by atoms with Crippen molar-refractivity contribution < 1.29 is 0 Å². The highest BCUT2D eigenvalue weighted by Gasteiger charge is 2.32. The van der Waals surface area contributed by atoms with E-state index in [0.717, 1.165) is 23.8 Å². The Labute approximate surface area is 109 Å². The third-order valence-electron chi connectivity index (χ3n) is 3.94. The highest BCUT2D eigenvalue weighted by molar-refractivity contribution is 7.09. The molecule has 2 nitrogen and oxygen atoms in total. The summed E-state index contributed by atoms with van der Waals surface area (Å²) in [6.45, 7) is 6.72. The van der Waals surface area contributed by atoms with E-state index in [1.54, 1.807) is 11.3 Å². The molecule has 1 aromatic rings. The van der Waals surface area contributed by atoms with Crippen molar-refractivity contribution in [3.63, 3.8) is 0 Å². The largest absolute Gasteiger partial charge is 0.319 e. The molecule has 1 aliphatic rings. The van der Waals surface area contributed by atoms with Crippen LogP contribution < -0.4 is 5.73 Å². The Balaban J connectivity index is 2.18. The van der Waals surface area contributed by atoms with Crippen molar-refractivity contribution in [2.45, 2.75) is 64.3 Å². The van der Waals surface area contributed by atoms with Crippen LogP contribution in [0.3, 0.4) is 0 Å². The molecule has 17 heavy (non-hydrogen) atoms. The van der Waals surface area contributed by atoms with Gasteiger partial charge in [-0.2, -0.15) is 0 Å². The molecule has 3 heteroatoms. The zero-order valence-electron chi connectivity index (χ0n) is 11.2. The van der Waals surface area contributed by atoms with Crippen molar-refractivity contribution >= 4 is 11.3 Å². The molecule has 2 N–H and O–H groups in total. The second kappa shape index (κ2) is 5.07. The number of rotatable bonds is 2. The molecule has 1 heterocycles. The number of hydrogen-bond acceptors (Lipinski definition) is 3. The van der Waals surface area contributed by atoms with Gasteiger partial charge in [-0.3, -0.25) is 0 Å². The Kier molecular flexibility index (Phi) is 3.88. The molecule has 0 aliphatic heterocycles. The van der Waals surface area contributed by atoms with E-state index in [9.17, 15) is 0 Å². The SMILES string of the molecule is CC1CCCC(N)(c2nc(C(C)C)cs2)CC1. The first kappa shape index (κ1) is 13.0. The smallest absolute Gasteiger partial charge is 0.113 e. The van der Waals surface area contributed by atoms with Crippen LogP contribution in [0.5, 0.6) is 0 Å². The summed E-state index contributed by atoms with van der Waals surface area (Å²) in [7, 11) is 0. The third kappa shape index (κ3) is 2.89. The Morgan fingerprint density at radius 1 is 1.41 bits per heavy atom. The maximum absolute atomic E-state index is 6.60. The van der Waals surface area contributed by atoms with Gasteiger partial charge >= 0.3 is 0 Å². The molecule has 0 amide bonds. The summed E-state index contributed by atoms with van der Waals surface area (Å²) >= 11 is 1.76. The maximum Gasteiger partial charge on any atom is 0.113 e. The van der Waals surface area contributed by atoms with Gasteiger partial charge in [0, 0.05) is 5.38 Å². The standard InChI is InChI=1S/C14H24N2S/c1-10(2)12-9-17-13(16-12)14(15)7-4-5-11(3)6-8-14/h9-11H,4-8,15H2,1-3H3. The molecule has 0 saturated heterocycles. The number of nitrogens with two attached hydrogens (primary N) is 1. The lowest BCUT2D eigenvalue weighted by molar-refractivity contribution is 0.376. The Morgan fingerprint density at radius 3 is 2.82 bits per heavy atom. The van der Waals surface area contributed by atoms with Gasteiger partial charge in [-0.25, -0.2) is 4.98 Å². The summed E-state index contributed by atoms with van der Waals surface area (Å²) in [5, 5.41) is 3.35. The van der Waals surface area contributed by atoms with Crippen LogP contribution in [0, 0.1) is 5.92 Å². The maximum atomic E-state index is 6.60. The average Bonchev–Trinajstić information content (AvgIpc) is 2.70. The van der Waals surface area contributed by atoms with Crippen LogP contribution in [0.25, 0.3) is 0 Å². The number of aromatic nitrogens is 1. The fourth-order valence-electron chi connectivity index (χ4n) is 2.53. The Hall–Kier alpha value is -0.410. The highest BCUT2D eigenvalue weighted by atomic mass is 32.1. The molecule has 0 aromatic carbocycles. The van der Waals surface area contributed by atoms with Crippen molar-refractivity contribution in [1.82, 2.24) is 4.98 Å². The summed E-state index contributed by atoms with van der Waals surface area (Å²) in [5.41, 5.74) is 7.65. The van der Waals surface area contributed by atoms with Crippen molar-refractivity contribution in [1.29, 1.82) is 0 Å². The highest BCUT2D eigenvalue weighted by Crippen LogP contribution is 2.37. The zero-order chi connectivity index (χ0) is 12.5. The lowest BCUT2D eigenvalue weighted by Gasteiger charge is -2.25. The van der Waals surface area contributed by atoms with Crippen molar-refractivity contribution in [2.24, 2.45) is 11.7 Å². The van der Waals surface area contributed by atoms with E-state index in [-0.39, 0.29) is 5.54 Å². The van der Waals surface area contributed by atoms with Crippen LogP contribution in [0.2, 0.25) is 0 Å². The first-order valence-corrected chi connectivity index (χ1v) is 7.64. The second-order valence-corrected chi connectivity index (χ2v) is 6.78. The minimum absolute atomic E-state index is 0.150. The topological polar surface area (TPSA) is 38.9 Å². The normalized spacial score (nSPS) is 30.5. The first-order chi connectivity index (χ1) is 8.01. The van der Waals surface area contributed by atoms with E-state index in [2.05, 4.69) is 26.2 Å². The van der Waals surface area contributed by atoms with Gasteiger partial charge in [-0.15, -0.1) is 11.3 Å². The summed E-state index contributed by atoms with van der Waals surface area (Å²) in [6.07, 6.45) is 6.00. The lowest BCUT2D eigenvalue weighted by Crippen LogP contribution is -2.36. The third-order valence-corrected chi connectivity index (χ3v) is 5.02. The lowest BCUT2D eigenvalue weighted by atomic mass is 9.91. The van der Waals surface area contributed by atoms with Gasteiger partial charge in [0.25, 0.3) is 0 Å². The molecule has 1 aliphatic carbocycles. The zero-order valence-corrected chi connectivity index (χ0v) is 12.0. The number of nitrogens with zero attached hydrogens (tertiary/aromatic N) is 1. The molecule has 0 spiro atoms. The second-order valence-electron chi connectivity index (χ2n) is 5.92. The van der Waals surface area contributed by atoms with Crippen LogP contribution in [-0.4, -0.2) is 4.98 Å². The quantitative estimate of drug-likeness (QED) is 0.807. The predicted molar refractivity (Wildman–Crippen MR) is 74.3 cm³/mol. The van der Waals surface area contributed by atoms with E-state index < -0.39 is 0 Å². The molecule has 96 valence electrons. The van der Waals surface area contributed by atoms with Gasteiger partial charge in [-0.05, 0) is 31.1 Å². The van der Waals surface area contributed by atoms with E-state index in [1.807, 2.05) is 0 Å². The minimum atomic E-state index is -0.150. The van der Waals surface area contributed by atoms with E-state index in [1.165, 1.54) is 25.0 Å². The molecule has 2 atom stereocenters. The predicted octanol–water partition coefficient (Wildman–Crippen LogP) is 4.02. The summed E-state index contributed by atoms with van der Waals surface area (Å²) < 4.78 is 0. The molecule has 1 aromatic heterocycles. The molecule has 2 unspecified atom stereocenters. The molecule has 1 saturated carbocycles. The van der Waals surface area contributed by atoms with E-state index in [0.29, 0.717) is 5.92 Å². The average molecular weight is 252 g/mol. The molecule has 0 radical (unpaired) electrons. The molecule has 2 rings (SSSR count). The van der Waals surface area contributed by atoms with Gasteiger partial charge < -0.3 is 5.73 Å². The fraction of sp³-hybridized carbons (Fsp3) is 0.786. The van der Waals surface area contributed by atoms with Gasteiger partial charge in [0.15, 0.2) is 0 Å². The molecule has 0 bridgehead atoms. The van der Waals surface area contributed by atoms with E-state index in [4.69, 9.17) is 10.7 Å².